The van der Waals surface area contributed by atoms with Crippen molar-refractivity contribution in [3.63, 3.8) is 0 Å². The molecule has 222 valence electrons. The van der Waals surface area contributed by atoms with Gasteiger partial charge in [-0.15, -0.1) is 5.10 Å². The number of aromatic nitrogens is 3. The molecule has 3 N–H and O–H groups in total. The molecular formula is C29H35N7O6. The predicted molar refractivity (Wildman–Crippen MR) is 151 cm³/mol. The fourth-order valence-electron chi connectivity index (χ4n) is 4.24. The van der Waals surface area contributed by atoms with Crippen LogP contribution in [0, 0.1) is 0 Å². The molecule has 13 heteroatoms. The summed E-state index contributed by atoms with van der Waals surface area (Å²) in [7, 11) is 0. The van der Waals surface area contributed by atoms with E-state index in [1.165, 1.54) is 4.90 Å². The quantitative estimate of drug-likeness (QED) is 0.332. The minimum atomic E-state index is -0.963. The lowest BCUT2D eigenvalue weighted by molar-refractivity contribution is -0.140. The number of nitrogens with zero attached hydrogens (tertiary/aromatic N) is 4. The van der Waals surface area contributed by atoms with E-state index in [1.54, 1.807) is 35.1 Å². The summed E-state index contributed by atoms with van der Waals surface area (Å²) in [5.41, 5.74) is 2.05. The van der Waals surface area contributed by atoms with E-state index in [1.807, 2.05) is 36.4 Å². The van der Waals surface area contributed by atoms with Crippen LogP contribution in [-0.4, -0.2) is 102 Å². The zero-order valence-corrected chi connectivity index (χ0v) is 23.2. The molecule has 0 spiro atoms. The molecule has 0 radical (unpaired) electrons. The summed E-state index contributed by atoms with van der Waals surface area (Å²) in [6.45, 7) is 0.988. The summed E-state index contributed by atoms with van der Waals surface area (Å²) >= 11 is 0. The Balaban J connectivity index is 1.40. The molecule has 4 rings (SSSR count). The van der Waals surface area contributed by atoms with Crippen LogP contribution in [0.5, 0.6) is 0 Å². The van der Waals surface area contributed by atoms with E-state index in [4.69, 9.17) is 9.47 Å². The summed E-state index contributed by atoms with van der Waals surface area (Å²) in [5, 5.41) is 16.6. The summed E-state index contributed by atoms with van der Waals surface area (Å²) in [6.07, 6.45) is 1.82. The monoisotopic (exact) mass is 577 g/mol. The molecule has 1 fully saturated rings. The second-order valence-electron chi connectivity index (χ2n) is 9.61. The molecular weight excluding hydrogens is 542 g/mol. The van der Waals surface area contributed by atoms with Gasteiger partial charge in [0.25, 0.3) is 5.91 Å². The first-order valence-electron chi connectivity index (χ1n) is 13.7. The number of carbonyl (C=O) groups is 4. The molecule has 1 aliphatic rings. The van der Waals surface area contributed by atoms with Crippen LogP contribution < -0.4 is 16.0 Å². The fraction of sp³-hybridized carbons (Fsp3) is 0.379. The van der Waals surface area contributed by atoms with E-state index in [0.717, 1.165) is 5.56 Å². The molecule has 2 aromatic carbocycles. The smallest absolute Gasteiger partial charge is 0.251 e. The van der Waals surface area contributed by atoms with E-state index < -0.39 is 23.8 Å². The Morgan fingerprint density at radius 1 is 0.976 bits per heavy atom. The second kappa shape index (κ2) is 16.0. The number of hydrogen-bond donors (Lipinski definition) is 3. The van der Waals surface area contributed by atoms with E-state index in [-0.39, 0.29) is 64.9 Å². The topological polar surface area (TPSA) is 157 Å². The Hall–Kier alpha value is -4.62. The van der Waals surface area contributed by atoms with Gasteiger partial charge < -0.3 is 30.3 Å². The zero-order valence-electron chi connectivity index (χ0n) is 23.2. The summed E-state index contributed by atoms with van der Waals surface area (Å²) < 4.78 is 12.5. The number of carbonyl (C=O) groups excluding carboxylic acids is 4. The fourth-order valence-corrected chi connectivity index (χ4v) is 4.24. The highest BCUT2D eigenvalue weighted by atomic mass is 16.5. The summed E-state index contributed by atoms with van der Waals surface area (Å²) in [5.74, 6) is -1.68. The minimum Gasteiger partial charge on any atom is -0.377 e. The Morgan fingerprint density at radius 2 is 1.71 bits per heavy atom. The number of nitrogens with one attached hydrogen (secondary N) is 3. The summed E-state index contributed by atoms with van der Waals surface area (Å²) in [6, 6.07) is 17.5. The third kappa shape index (κ3) is 9.78. The molecule has 3 aromatic rings. The SMILES string of the molecule is O=C1CN(CCNC(=O)c2ccccc2)C(=O)COCCOCCNC(=O)[C@@H](Cc2cn(Cc3ccccc3)nn2)N1. The third-order valence-corrected chi connectivity index (χ3v) is 6.37. The van der Waals surface area contributed by atoms with Crippen LogP contribution in [0.3, 0.4) is 0 Å². The number of rotatable bonds is 8. The first-order valence-corrected chi connectivity index (χ1v) is 13.7. The largest absolute Gasteiger partial charge is 0.377 e. The van der Waals surface area contributed by atoms with Crippen molar-refractivity contribution in [1.82, 2.24) is 35.8 Å². The Morgan fingerprint density at radius 3 is 2.50 bits per heavy atom. The molecule has 42 heavy (non-hydrogen) atoms. The molecule has 1 aliphatic heterocycles. The Kier molecular flexibility index (Phi) is 11.5. The molecule has 1 atom stereocenters. The zero-order chi connectivity index (χ0) is 29.6. The van der Waals surface area contributed by atoms with Crippen LogP contribution in [0.1, 0.15) is 21.6 Å². The van der Waals surface area contributed by atoms with Crippen LogP contribution in [0.2, 0.25) is 0 Å². The predicted octanol–water partition coefficient (Wildman–Crippen LogP) is -0.225. The van der Waals surface area contributed by atoms with Crippen LogP contribution in [0.25, 0.3) is 0 Å². The van der Waals surface area contributed by atoms with Gasteiger partial charge in [0.15, 0.2) is 0 Å². The van der Waals surface area contributed by atoms with E-state index >= 15 is 0 Å². The molecule has 0 bridgehead atoms. The maximum absolute atomic E-state index is 13.1. The highest BCUT2D eigenvalue weighted by molar-refractivity contribution is 5.94. The standard InChI is InChI=1S/C29H35N7O6/c37-26-20-35(13-11-30-28(39)23-9-5-2-6-10-23)27(38)21-42-16-15-41-14-12-31-29(40)25(32-26)17-24-19-36(34-33-24)18-22-7-3-1-4-8-22/h1-10,19,25H,11-18,20-21H2,(H,30,39)(H,31,40)(H,32,37)/t25-/m1/s1. The lowest BCUT2D eigenvalue weighted by Crippen LogP contribution is -2.52. The first kappa shape index (κ1) is 30.3. The van der Waals surface area contributed by atoms with Gasteiger partial charge in [0.1, 0.15) is 12.6 Å². The van der Waals surface area contributed by atoms with Gasteiger partial charge in [-0.05, 0) is 17.7 Å². The average molecular weight is 578 g/mol. The van der Waals surface area contributed by atoms with Gasteiger partial charge in [0.2, 0.25) is 17.7 Å². The van der Waals surface area contributed by atoms with Crippen LogP contribution in [-0.2, 0) is 36.8 Å². The third-order valence-electron chi connectivity index (χ3n) is 6.37. The number of hydrogen-bond acceptors (Lipinski definition) is 8. The van der Waals surface area contributed by atoms with E-state index in [0.29, 0.717) is 17.8 Å². The van der Waals surface area contributed by atoms with Crippen molar-refractivity contribution in [2.45, 2.75) is 19.0 Å². The van der Waals surface area contributed by atoms with Crippen molar-refractivity contribution in [3.8, 4) is 0 Å². The lowest BCUT2D eigenvalue weighted by Gasteiger charge is -2.24. The number of ether oxygens (including phenoxy) is 2. The number of amides is 4. The molecule has 0 aliphatic carbocycles. The van der Waals surface area contributed by atoms with Gasteiger partial charge in [-0.25, -0.2) is 4.68 Å². The van der Waals surface area contributed by atoms with Crippen molar-refractivity contribution in [2.75, 3.05) is 52.6 Å². The molecule has 0 saturated carbocycles. The maximum Gasteiger partial charge on any atom is 0.251 e. The molecule has 1 aromatic heterocycles. The Bertz CT molecular complexity index is 1320. The molecule has 0 unspecified atom stereocenters. The van der Waals surface area contributed by atoms with Gasteiger partial charge in [0.05, 0.1) is 38.6 Å². The van der Waals surface area contributed by atoms with Crippen LogP contribution >= 0.6 is 0 Å². The van der Waals surface area contributed by atoms with Crippen molar-refractivity contribution in [1.29, 1.82) is 0 Å². The lowest BCUT2D eigenvalue weighted by atomic mass is 10.1. The molecule has 4 amide bonds. The highest BCUT2D eigenvalue weighted by Gasteiger charge is 2.25. The van der Waals surface area contributed by atoms with Gasteiger partial charge in [-0.1, -0.05) is 53.7 Å². The van der Waals surface area contributed by atoms with Crippen molar-refractivity contribution < 1.29 is 28.7 Å². The van der Waals surface area contributed by atoms with Crippen molar-refractivity contribution in [3.05, 3.63) is 83.7 Å². The van der Waals surface area contributed by atoms with Crippen LogP contribution in [0.4, 0.5) is 0 Å². The molecule has 13 nitrogen and oxygen atoms in total. The highest BCUT2D eigenvalue weighted by Crippen LogP contribution is 2.05. The maximum atomic E-state index is 13.1. The van der Waals surface area contributed by atoms with Gasteiger partial charge in [0, 0.05) is 37.8 Å². The average Bonchev–Trinajstić information content (AvgIpc) is 3.44. The van der Waals surface area contributed by atoms with Gasteiger partial charge in [-0.3, -0.25) is 19.2 Å². The van der Waals surface area contributed by atoms with Crippen LogP contribution in [0.15, 0.2) is 66.9 Å². The van der Waals surface area contributed by atoms with Crippen molar-refractivity contribution in [2.24, 2.45) is 0 Å². The second-order valence-corrected chi connectivity index (χ2v) is 9.61. The van der Waals surface area contributed by atoms with Crippen molar-refractivity contribution >= 4 is 23.6 Å². The minimum absolute atomic E-state index is 0.0648. The van der Waals surface area contributed by atoms with Gasteiger partial charge >= 0.3 is 0 Å². The molecule has 2 heterocycles. The van der Waals surface area contributed by atoms with E-state index in [2.05, 4.69) is 26.3 Å². The normalized spacial score (nSPS) is 17.5. The van der Waals surface area contributed by atoms with Gasteiger partial charge in [-0.2, -0.15) is 0 Å². The number of benzene rings is 2. The molecule has 1 saturated heterocycles. The first-order chi connectivity index (χ1) is 20.5. The summed E-state index contributed by atoms with van der Waals surface area (Å²) in [4.78, 5) is 52.7. The Labute approximate surface area is 243 Å². The van der Waals surface area contributed by atoms with E-state index in [9.17, 15) is 19.2 Å².